The normalized spacial score (nSPS) is 11.7. The third kappa shape index (κ3) is 3.08. The topological polar surface area (TPSA) is 77.1 Å². The van der Waals surface area contributed by atoms with Crippen molar-refractivity contribution >= 4 is 17.9 Å². The molecule has 0 aliphatic heterocycles. The van der Waals surface area contributed by atoms with E-state index in [-0.39, 0.29) is 5.69 Å². The number of hydrogen-bond acceptors (Lipinski definition) is 4. The summed E-state index contributed by atoms with van der Waals surface area (Å²) in [5.74, 6) is 0.467. The summed E-state index contributed by atoms with van der Waals surface area (Å²) in [4.78, 5) is 18.7. The molecule has 1 N–H and O–H groups in total. The first kappa shape index (κ1) is 17.7. The minimum Gasteiger partial charge on any atom is -0.313 e. The van der Waals surface area contributed by atoms with Gasteiger partial charge >= 0.3 is 6.18 Å². The predicted octanol–water partition coefficient (Wildman–Crippen LogP) is 3.38. The van der Waals surface area contributed by atoms with Crippen LogP contribution in [0.15, 0.2) is 48.9 Å². The summed E-state index contributed by atoms with van der Waals surface area (Å²) >= 11 is 0. The minimum absolute atomic E-state index is 0.113. The number of carbonyl (C=O) groups excluding carboxylic acids is 1. The fraction of sp³-hybridized carbons (Fsp3) is 0.111. The van der Waals surface area contributed by atoms with Crippen molar-refractivity contribution in [2.75, 3.05) is 5.32 Å². The first-order valence-electron chi connectivity index (χ1n) is 8.13. The molecular formula is C18H13F3N6O. The monoisotopic (exact) mass is 386 g/mol. The SMILES string of the molecule is Cn1cc(-c2ccc3ncc(NC=O)n3c2)c(-c2cccc(C(F)(F)F)n2)n1. The molecule has 0 atom stereocenters. The number of fused-ring (bicyclic) bond motifs is 1. The number of nitrogens with zero attached hydrogens (tertiary/aromatic N) is 5. The van der Waals surface area contributed by atoms with E-state index in [4.69, 9.17) is 0 Å². The average molecular weight is 386 g/mol. The van der Waals surface area contributed by atoms with Gasteiger partial charge in [0.15, 0.2) is 0 Å². The Bertz CT molecular complexity index is 1180. The summed E-state index contributed by atoms with van der Waals surface area (Å²) < 4.78 is 42.3. The highest BCUT2D eigenvalue weighted by Gasteiger charge is 2.32. The van der Waals surface area contributed by atoms with Gasteiger partial charge in [-0.05, 0) is 24.3 Å². The molecule has 1 amide bonds. The van der Waals surface area contributed by atoms with Crippen LogP contribution in [0, 0.1) is 0 Å². The number of pyridine rings is 2. The fourth-order valence-corrected chi connectivity index (χ4v) is 2.92. The van der Waals surface area contributed by atoms with E-state index in [1.165, 1.54) is 23.0 Å². The molecule has 0 saturated heterocycles. The Morgan fingerprint density at radius 1 is 1.14 bits per heavy atom. The second-order valence-electron chi connectivity index (χ2n) is 6.02. The number of rotatable bonds is 4. The van der Waals surface area contributed by atoms with E-state index in [0.29, 0.717) is 34.7 Å². The third-order valence-corrected chi connectivity index (χ3v) is 4.13. The third-order valence-electron chi connectivity index (χ3n) is 4.13. The number of carbonyl (C=O) groups is 1. The van der Waals surface area contributed by atoms with E-state index in [2.05, 4.69) is 20.4 Å². The summed E-state index contributed by atoms with van der Waals surface area (Å²) in [5.41, 5.74) is 1.34. The lowest BCUT2D eigenvalue weighted by atomic mass is 10.1. The maximum Gasteiger partial charge on any atom is 0.433 e. The molecule has 0 aliphatic carbocycles. The molecule has 0 radical (unpaired) electrons. The van der Waals surface area contributed by atoms with Crippen molar-refractivity contribution in [2.45, 2.75) is 6.18 Å². The Balaban J connectivity index is 1.86. The lowest BCUT2D eigenvalue weighted by molar-refractivity contribution is -0.141. The Morgan fingerprint density at radius 3 is 2.71 bits per heavy atom. The van der Waals surface area contributed by atoms with Crippen LogP contribution in [-0.2, 0) is 18.0 Å². The minimum atomic E-state index is -4.55. The summed E-state index contributed by atoms with van der Waals surface area (Å²) in [7, 11) is 1.68. The molecule has 4 aromatic heterocycles. The summed E-state index contributed by atoms with van der Waals surface area (Å²) in [6.45, 7) is 0. The lowest BCUT2D eigenvalue weighted by Gasteiger charge is -2.08. The highest BCUT2D eigenvalue weighted by molar-refractivity contribution is 5.80. The van der Waals surface area contributed by atoms with Crippen LogP contribution in [0.4, 0.5) is 19.0 Å². The highest BCUT2D eigenvalue weighted by atomic mass is 19.4. The summed E-state index contributed by atoms with van der Waals surface area (Å²) in [5, 5.41) is 6.84. The van der Waals surface area contributed by atoms with Crippen molar-refractivity contribution in [2.24, 2.45) is 7.05 Å². The van der Waals surface area contributed by atoms with Gasteiger partial charge in [-0.25, -0.2) is 9.97 Å². The second kappa shape index (κ2) is 6.48. The zero-order chi connectivity index (χ0) is 19.9. The number of anilines is 1. The van der Waals surface area contributed by atoms with Gasteiger partial charge in [-0.2, -0.15) is 18.3 Å². The molecule has 0 aliphatic rings. The highest BCUT2D eigenvalue weighted by Crippen LogP contribution is 2.33. The van der Waals surface area contributed by atoms with Gasteiger partial charge in [0.1, 0.15) is 22.9 Å². The number of halogens is 3. The molecule has 0 bridgehead atoms. The Morgan fingerprint density at radius 2 is 1.96 bits per heavy atom. The molecule has 28 heavy (non-hydrogen) atoms. The largest absolute Gasteiger partial charge is 0.433 e. The van der Waals surface area contributed by atoms with E-state index < -0.39 is 11.9 Å². The van der Waals surface area contributed by atoms with Gasteiger partial charge in [-0.1, -0.05) is 6.07 Å². The van der Waals surface area contributed by atoms with Crippen LogP contribution >= 0.6 is 0 Å². The number of imidazole rings is 1. The molecule has 4 aromatic rings. The summed E-state index contributed by atoms with van der Waals surface area (Å²) in [6.07, 6.45) is 0.921. The van der Waals surface area contributed by atoms with Gasteiger partial charge in [0.05, 0.1) is 11.9 Å². The molecule has 0 aromatic carbocycles. The molecule has 7 nitrogen and oxygen atoms in total. The molecule has 4 heterocycles. The molecule has 0 unspecified atom stereocenters. The van der Waals surface area contributed by atoms with E-state index >= 15 is 0 Å². The zero-order valence-corrected chi connectivity index (χ0v) is 14.5. The molecule has 142 valence electrons. The van der Waals surface area contributed by atoms with E-state index in [1.807, 2.05) is 0 Å². The number of aryl methyl sites for hydroxylation is 1. The van der Waals surface area contributed by atoms with Gasteiger partial charge in [-0.3, -0.25) is 13.9 Å². The summed E-state index contributed by atoms with van der Waals surface area (Å²) in [6, 6.07) is 7.22. The first-order chi connectivity index (χ1) is 13.4. The Hall–Kier alpha value is -3.69. The quantitative estimate of drug-likeness (QED) is 0.546. The smallest absolute Gasteiger partial charge is 0.313 e. The maximum absolute atomic E-state index is 13.0. The zero-order valence-electron chi connectivity index (χ0n) is 14.5. The van der Waals surface area contributed by atoms with Crippen LogP contribution in [0.5, 0.6) is 0 Å². The first-order valence-corrected chi connectivity index (χ1v) is 8.13. The van der Waals surface area contributed by atoms with Crippen LogP contribution in [0.25, 0.3) is 28.2 Å². The van der Waals surface area contributed by atoms with Gasteiger partial charge in [0, 0.05) is 30.6 Å². The van der Waals surface area contributed by atoms with Gasteiger partial charge < -0.3 is 5.32 Å². The molecule has 4 rings (SSSR count). The van der Waals surface area contributed by atoms with Crippen molar-refractivity contribution in [1.29, 1.82) is 0 Å². The van der Waals surface area contributed by atoms with Gasteiger partial charge in [-0.15, -0.1) is 0 Å². The van der Waals surface area contributed by atoms with Gasteiger partial charge in [0.25, 0.3) is 0 Å². The van der Waals surface area contributed by atoms with Crippen molar-refractivity contribution in [3.05, 3.63) is 54.6 Å². The Kier molecular flexibility index (Phi) is 4.10. The number of alkyl halides is 3. The molecule has 10 heteroatoms. The fourth-order valence-electron chi connectivity index (χ4n) is 2.92. The van der Waals surface area contributed by atoms with Crippen molar-refractivity contribution in [3.8, 4) is 22.5 Å². The number of nitrogens with one attached hydrogen (secondary N) is 1. The molecular weight excluding hydrogens is 373 g/mol. The lowest BCUT2D eigenvalue weighted by Crippen LogP contribution is -2.08. The molecule has 0 saturated carbocycles. The van der Waals surface area contributed by atoms with Crippen LogP contribution in [-0.4, -0.2) is 30.6 Å². The number of amides is 1. The van der Waals surface area contributed by atoms with E-state index in [0.717, 1.165) is 6.07 Å². The predicted molar refractivity (Wildman–Crippen MR) is 95.3 cm³/mol. The van der Waals surface area contributed by atoms with Crippen molar-refractivity contribution in [3.63, 3.8) is 0 Å². The van der Waals surface area contributed by atoms with Crippen LogP contribution in [0.1, 0.15) is 5.69 Å². The molecule has 0 spiro atoms. The van der Waals surface area contributed by atoms with Crippen LogP contribution in [0.2, 0.25) is 0 Å². The van der Waals surface area contributed by atoms with Crippen LogP contribution < -0.4 is 5.32 Å². The van der Waals surface area contributed by atoms with E-state index in [1.54, 1.807) is 36.0 Å². The maximum atomic E-state index is 13.0. The number of aromatic nitrogens is 5. The van der Waals surface area contributed by atoms with Crippen molar-refractivity contribution < 1.29 is 18.0 Å². The number of hydrogen-bond donors (Lipinski definition) is 1. The van der Waals surface area contributed by atoms with Crippen molar-refractivity contribution in [1.82, 2.24) is 24.1 Å². The standard InChI is InChI=1S/C18H13F3N6O/c1-26-9-12(11-5-6-15-22-7-16(23-10-28)27(15)8-11)17(25-26)13-3-2-4-14(24-13)18(19,20)21/h2-10H,1H3,(H,23,28). The van der Waals surface area contributed by atoms with E-state index in [9.17, 15) is 18.0 Å². The van der Waals surface area contributed by atoms with Crippen LogP contribution in [0.3, 0.4) is 0 Å². The molecule has 0 fully saturated rings. The second-order valence-corrected chi connectivity index (χ2v) is 6.02. The van der Waals surface area contributed by atoms with Gasteiger partial charge in [0.2, 0.25) is 6.41 Å². The average Bonchev–Trinajstić information content (AvgIpc) is 3.25. The Labute approximate surface area is 156 Å².